The predicted molar refractivity (Wildman–Crippen MR) is 141 cm³/mol. The highest BCUT2D eigenvalue weighted by Gasteiger charge is 2.20. The molecular weight excluding hydrogens is 460 g/mol. The zero-order valence-corrected chi connectivity index (χ0v) is 20.3. The van der Waals surface area contributed by atoms with Gasteiger partial charge in [-0.05, 0) is 67.8 Å². The minimum absolute atomic E-state index is 0.0591. The molecule has 3 aromatic carbocycles. The van der Waals surface area contributed by atoms with Gasteiger partial charge in [-0.2, -0.15) is 0 Å². The first-order chi connectivity index (χ1) is 17.3. The Kier molecular flexibility index (Phi) is 7.21. The largest absolute Gasteiger partial charge is 0.497 e. The Morgan fingerprint density at radius 2 is 1.69 bits per heavy atom. The zero-order chi connectivity index (χ0) is 25.8. The second-order valence-electron chi connectivity index (χ2n) is 8.60. The number of anilines is 2. The van der Waals surface area contributed by atoms with Crippen LogP contribution in [0.25, 0.3) is 21.7 Å². The molecule has 1 atom stereocenters. The Balaban J connectivity index is 1.66. The summed E-state index contributed by atoms with van der Waals surface area (Å²) in [5.41, 5.74) is 6.94. The number of aromatic amines is 1. The normalized spacial score (nSPS) is 12.0. The van der Waals surface area contributed by atoms with E-state index in [2.05, 4.69) is 15.6 Å². The second-order valence-corrected chi connectivity index (χ2v) is 8.60. The molecule has 186 valence electrons. The SMILES string of the molecule is COc1ccc(N[C@@H](COC(C)C)C(=O)Nc2ccc3c(=O)[nH]c4c(C(N)=O)cccc4c3c2)cc1. The number of para-hydroxylation sites is 1. The average molecular weight is 489 g/mol. The molecule has 0 aliphatic heterocycles. The Morgan fingerprint density at radius 3 is 2.36 bits per heavy atom. The molecule has 1 heterocycles. The summed E-state index contributed by atoms with van der Waals surface area (Å²) >= 11 is 0. The van der Waals surface area contributed by atoms with Crippen molar-refractivity contribution >= 4 is 44.9 Å². The maximum atomic E-state index is 13.3. The molecule has 36 heavy (non-hydrogen) atoms. The summed E-state index contributed by atoms with van der Waals surface area (Å²) < 4.78 is 10.9. The van der Waals surface area contributed by atoms with Crippen LogP contribution in [0.3, 0.4) is 0 Å². The molecule has 0 aliphatic carbocycles. The molecule has 9 nitrogen and oxygen atoms in total. The Hall–Kier alpha value is -4.37. The van der Waals surface area contributed by atoms with Gasteiger partial charge in [-0.1, -0.05) is 12.1 Å². The molecule has 9 heteroatoms. The zero-order valence-electron chi connectivity index (χ0n) is 20.3. The number of fused-ring (bicyclic) bond motifs is 3. The fourth-order valence-electron chi connectivity index (χ4n) is 3.93. The van der Waals surface area contributed by atoms with Crippen LogP contribution < -0.4 is 26.7 Å². The van der Waals surface area contributed by atoms with Gasteiger partial charge in [-0.15, -0.1) is 0 Å². The van der Waals surface area contributed by atoms with Crippen LogP contribution in [-0.2, 0) is 9.53 Å². The molecule has 4 aromatic rings. The first kappa shape index (κ1) is 24.7. The van der Waals surface area contributed by atoms with Gasteiger partial charge in [0.25, 0.3) is 11.5 Å². The third-order valence-electron chi connectivity index (χ3n) is 5.73. The van der Waals surface area contributed by atoms with Crippen molar-refractivity contribution in [3.05, 3.63) is 76.6 Å². The molecule has 0 saturated heterocycles. The van der Waals surface area contributed by atoms with E-state index >= 15 is 0 Å². The fourth-order valence-corrected chi connectivity index (χ4v) is 3.93. The van der Waals surface area contributed by atoms with Gasteiger partial charge in [0.05, 0.1) is 30.9 Å². The van der Waals surface area contributed by atoms with Crippen LogP contribution in [0.5, 0.6) is 5.75 Å². The number of aromatic nitrogens is 1. The summed E-state index contributed by atoms with van der Waals surface area (Å²) in [6, 6.07) is 16.6. The van der Waals surface area contributed by atoms with E-state index in [1.807, 2.05) is 26.0 Å². The first-order valence-corrected chi connectivity index (χ1v) is 11.5. The molecule has 0 bridgehead atoms. The monoisotopic (exact) mass is 488 g/mol. The van der Waals surface area contributed by atoms with E-state index in [1.165, 1.54) is 0 Å². The summed E-state index contributed by atoms with van der Waals surface area (Å²) in [7, 11) is 1.59. The Bertz CT molecular complexity index is 1480. The molecule has 4 rings (SSSR count). The lowest BCUT2D eigenvalue weighted by molar-refractivity contribution is -0.118. The molecular formula is C27H28N4O5. The molecule has 0 fully saturated rings. The molecule has 0 saturated carbocycles. The van der Waals surface area contributed by atoms with Gasteiger partial charge in [0.2, 0.25) is 5.91 Å². The van der Waals surface area contributed by atoms with E-state index in [4.69, 9.17) is 15.2 Å². The van der Waals surface area contributed by atoms with Gasteiger partial charge in [0, 0.05) is 22.1 Å². The number of amides is 2. The van der Waals surface area contributed by atoms with Gasteiger partial charge >= 0.3 is 0 Å². The summed E-state index contributed by atoms with van der Waals surface area (Å²) in [6.45, 7) is 3.94. The molecule has 5 N–H and O–H groups in total. The van der Waals surface area contributed by atoms with E-state index in [9.17, 15) is 14.4 Å². The average Bonchev–Trinajstić information content (AvgIpc) is 2.86. The molecule has 0 radical (unpaired) electrons. The third-order valence-corrected chi connectivity index (χ3v) is 5.73. The number of carbonyl (C=O) groups excluding carboxylic acids is 2. The van der Waals surface area contributed by atoms with Crippen LogP contribution in [0.1, 0.15) is 24.2 Å². The molecule has 2 amide bonds. The smallest absolute Gasteiger partial charge is 0.256 e. The maximum absolute atomic E-state index is 13.3. The number of carbonyl (C=O) groups is 2. The van der Waals surface area contributed by atoms with Crippen molar-refractivity contribution in [2.75, 3.05) is 24.4 Å². The van der Waals surface area contributed by atoms with Gasteiger partial charge in [0.15, 0.2) is 0 Å². The minimum atomic E-state index is -0.686. The summed E-state index contributed by atoms with van der Waals surface area (Å²) in [6.07, 6.45) is -0.0591. The summed E-state index contributed by atoms with van der Waals surface area (Å²) in [5, 5.41) is 7.78. The number of primary amides is 1. The van der Waals surface area contributed by atoms with Crippen LogP contribution in [0.4, 0.5) is 11.4 Å². The first-order valence-electron chi connectivity index (χ1n) is 11.5. The lowest BCUT2D eigenvalue weighted by atomic mass is 10.0. The lowest BCUT2D eigenvalue weighted by Crippen LogP contribution is -2.39. The van der Waals surface area contributed by atoms with E-state index in [-0.39, 0.29) is 29.7 Å². The van der Waals surface area contributed by atoms with Crippen molar-refractivity contribution in [3.8, 4) is 5.75 Å². The number of methoxy groups -OCH3 is 1. The quantitative estimate of drug-likeness (QED) is 0.266. The number of hydrogen-bond acceptors (Lipinski definition) is 6. The summed E-state index contributed by atoms with van der Waals surface area (Å²) in [5.74, 6) is -0.242. The van der Waals surface area contributed by atoms with Crippen molar-refractivity contribution < 1.29 is 19.1 Å². The van der Waals surface area contributed by atoms with Gasteiger partial charge in [0.1, 0.15) is 11.8 Å². The highest BCUT2D eigenvalue weighted by Crippen LogP contribution is 2.26. The standard InChI is InChI=1S/C27H28N4O5/c1-15(2)36-14-23(29-16-7-10-18(35-3)11-8-16)27(34)30-17-9-12-20-22(13-17)19-5-4-6-21(25(28)32)24(19)31-26(20)33/h4-13,15,23,29H,14H2,1-3H3,(H2,28,32)(H,30,34)(H,31,33)/t23-/m0/s1. The molecule has 1 aromatic heterocycles. The fraction of sp³-hybridized carbons (Fsp3) is 0.222. The molecule has 0 aliphatic rings. The third kappa shape index (κ3) is 5.31. The van der Waals surface area contributed by atoms with E-state index < -0.39 is 11.9 Å². The van der Waals surface area contributed by atoms with Crippen LogP contribution >= 0.6 is 0 Å². The highest BCUT2D eigenvalue weighted by atomic mass is 16.5. The van der Waals surface area contributed by atoms with Crippen molar-refractivity contribution in [2.45, 2.75) is 26.0 Å². The van der Waals surface area contributed by atoms with E-state index in [1.54, 1.807) is 55.6 Å². The van der Waals surface area contributed by atoms with Crippen molar-refractivity contribution in [2.24, 2.45) is 5.73 Å². The number of hydrogen-bond donors (Lipinski definition) is 4. The lowest BCUT2D eigenvalue weighted by Gasteiger charge is -2.21. The minimum Gasteiger partial charge on any atom is -0.497 e. The van der Waals surface area contributed by atoms with Crippen molar-refractivity contribution in [1.29, 1.82) is 0 Å². The number of H-pyrrole nitrogens is 1. The van der Waals surface area contributed by atoms with Crippen LogP contribution in [0, 0.1) is 0 Å². The van der Waals surface area contributed by atoms with Gasteiger partial charge in [-0.3, -0.25) is 14.4 Å². The number of nitrogens with one attached hydrogen (secondary N) is 3. The highest BCUT2D eigenvalue weighted by molar-refractivity contribution is 6.13. The van der Waals surface area contributed by atoms with Crippen molar-refractivity contribution in [1.82, 2.24) is 4.98 Å². The number of pyridine rings is 1. The van der Waals surface area contributed by atoms with E-state index in [0.29, 0.717) is 33.1 Å². The predicted octanol–water partition coefficient (Wildman–Crippen LogP) is 3.63. The number of benzene rings is 3. The van der Waals surface area contributed by atoms with Gasteiger partial charge < -0.3 is 30.8 Å². The van der Waals surface area contributed by atoms with E-state index in [0.717, 1.165) is 5.69 Å². The topological polar surface area (TPSA) is 136 Å². The number of nitrogens with two attached hydrogens (primary N) is 1. The summed E-state index contributed by atoms with van der Waals surface area (Å²) in [4.78, 5) is 40.5. The van der Waals surface area contributed by atoms with Crippen molar-refractivity contribution in [3.63, 3.8) is 0 Å². The Labute approximate surface area is 207 Å². The maximum Gasteiger partial charge on any atom is 0.256 e. The Morgan fingerprint density at radius 1 is 0.972 bits per heavy atom. The second kappa shape index (κ2) is 10.5. The number of ether oxygens (including phenoxy) is 2. The van der Waals surface area contributed by atoms with Crippen LogP contribution in [-0.4, -0.2) is 42.7 Å². The molecule has 0 spiro atoms. The van der Waals surface area contributed by atoms with Gasteiger partial charge in [-0.25, -0.2) is 0 Å². The van der Waals surface area contributed by atoms with Crippen LogP contribution in [0.2, 0.25) is 0 Å². The van der Waals surface area contributed by atoms with Crippen LogP contribution in [0.15, 0.2) is 65.5 Å². The number of rotatable bonds is 9. The molecule has 0 unspecified atom stereocenters.